The Morgan fingerprint density at radius 2 is 1.78 bits per heavy atom. The van der Waals surface area contributed by atoms with E-state index < -0.39 is 0 Å². The number of aromatic nitrogens is 2. The molecule has 2 aromatic carbocycles. The summed E-state index contributed by atoms with van der Waals surface area (Å²) >= 11 is 0. The van der Waals surface area contributed by atoms with Gasteiger partial charge in [0.05, 0.1) is 0 Å². The van der Waals surface area contributed by atoms with Gasteiger partial charge in [0.25, 0.3) is 5.91 Å². The monoisotopic (exact) mass is 360 g/mol. The van der Waals surface area contributed by atoms with Crippen LogP contribution in [-0.4, -0.2) is 22.4 Å². The molecule has 138 valence electrons. The minimum Gasteiger partial charge on any atom is -0.352 e. The molecule has 0 aliphatic heterocycles. The van der Waals surface area contributed by atoms with Gasteiger partial charge in [-0.1, -0.05) is 54.6 Å². The number of hydrogen-bond donors (Lipinski definition) is 1. The Balaban J connectivity index is 1.70. The van der Waals surface area contributed by atoms with Gasteiger partial charge < -0.3 is 10.2 Å². The summed E-state index contributed by atoms with van der Waals surface area (Å²) < 4.78 is 0. The molecule has 0 aliphatic carbocycles. The lowest BCUT2D eigenvalue weighted by Gasteiger charge is -2.22. The largest absolute Gasteiger partial charge is 0.352 e. The third kappa shape index (κ3) is 4.91. The highest BCUT2D eigenvalue weighted by molar-refractivity contribution is 5.92. The number of anilines is 1. The van der Waals surface area contributed by atoms with Crippen LogP contribution in [0.1, 0.15) is 34.1 Å². The first-order valence-corrected chi connectivity index (χ1v) is 9.11. The van der Waals surface area contributed by atoms with Crippen molar-refractivity contribution in [1.29, 1.82) is 0 Å². The Morgan fingerprint density at radius 3 is 2.52 bits per heavy atom. The van der Waals surface area contributed by atoms with Crippen LogP contribution in [0.25, 0.3) is 0 Å². The number of amides is 1. The van der Waals surface area contributed by atoms with E-state index in [0.717, 1.165) is 30.0 Å². The van der Waals surface area contributed by atoms with Crippen molar-refractivity contribution in [1.82, 2.24) is 15.3 Å². The van der Waals surface area contributed by atoms with Crippen molar-refractivity contribution in [2.75, 3.05) is 11.4 Å². The lowest BCUT2D eigenvalue weighted by atomic mass is 10.1. The highest BCUT2D eigenvalue weighted by Gasteiger charge is 2.13. The number of carbonyl (C=O) groups is 1. The summed E-state index contributed by atoms with van der Waals surface area (Å²) in [5, 5.41) is 2.94. The minimum atomic E-state index is -0.197. The Kier molecular flexibility index (Phi) is 6.15. The molecule has 0 atom stereocenters. The molecule has 1 N–H and O–H groups in total. The summed E-state index contributed by atoms with van der Waals surface area (Å²) in [6, 6.07) is 20.0. The van der Waals surface area contributed by atoms with Gasteiger partial charge in [0.15, 0.2) is 0 Å². The molecule has 0 aliphatic rings. The first-order chi connectivity index (χ1) is 13.2. The van der Waals surface area contributed by atoms with E-state index in [4.69, 9.17) is 0 Å². The number of nitrogens with one attached hydrogen (secondary N) is 1. The third-order valence-electron chi connectivity index (χ3n) is 4.51. The van der Waals surface area contributed by atoms with Crippen LogP contribution in [0.3, 0.4) is 0 Å². The van der Waals surface area contributed by atoms with Gasteiger partial charge in [-0.25, -0.2) is 9.97 Å². The van der Waals surface area contributed by atoms with E-state index in [1.165, 1.54) is 11.9 Å². The van der Waals surface area contributed by atoms with Crippen LogP contribution < -0.4 is 10.2 Å². The molecule has 0 unspecified atom stereocenters. The molecule has 0 spiro atoms. The van der Waals surface area contributed by atoms with E-state index >= 15 is 0 Å². The molecule has 1 aromatic heterocycles. The van der Waals surface area contributed by atoms with Crippen molar-refractivity contribution < 1.29 is 4.79 Å². The van der Waals surface area contributed by atoms with Crippen LogP contribution in [0.4, 0.5) is 5.82 Å². The zero-order chi connectivity index (χ0) is 19.1. The summed E-state index contributed by atoms with van der Waals surface area (Å²) in [4.78, 5) is 23.2. The van der Waals surface area contributed by atoms with Crippen molar-refractivity contribution in [2.45, 2.75) is 26.9 Å². The Bertz CT molecular complexity index is 896. The normalized spacial score (nSPS) is 10.4. The summed E-state index contributed by atoms with van der Waals surface area (Å²) in [5.41, 5.74) is 3.82. The fourth-order valence-corrected chi connectivity index (χ4v) is 2.88. The van der Waals surface area contributed by atoms with Crippen LogP contribution in [0.15, 0.2) is 67.0 Å². The quantitative estimate of drug-likeness (QED) is 0.697. The predicted octanol–water partition coefficient (Wildman–Crippen LogP) is 3.74. The maximum absolute atomic E-state index is 12.5. The van der Waals surface area contributed by atoms with Crippen molar-refractivity contribution in [3.05, 3.63) is 89.4 Å². The highest BCUT2D eigenvalue weighted by Crippen LogP contribution is 2.15. The molecule has 5 heteroatoms. The van der Waals surface area contributed by atoms with E-state index in [-0.39, 0.29) is 5.91 Å². The number of nitrogens with zero attached hydrogens (tertiary/aromatic N) is 3. The van der Waals surface area contributed by atoms with E-state index in [2.05, 4.69) is 39.2 Å². The second-order valence-electron chi connectivity index (χ2n) is 6.37. The molecule has 5 nitrogen and oxygen atoms in total. The molecule has 27 heavy (non-hydrogen) atoms. The summed E-state index contributed by atoms with van der Waals surface area (Å²) in [5.74, 6) is 0.551. The smallest absolute Gasteiger partial charge is 0.270 e. The average molecular weight is 360 g/mol. The number of carbonyl (C=O) groups excluding carboxylic acids is 1. The Labute approximate surface area is 160 Å². The molecule has 0 saturated heterocycles. The predicted molar refractivity (Wildman–Crippen MR) is 108 cm³/mol. The molecular formula is C22H24N4O. The number of benzene rings is 2. The van der Waals surface area contributed by atoms with Crippen LogP contribution in [-0.2, 0) is 13.1 Å². The molecular weight excluding hydrogens is 336 g/mol. The van der Waals surface area contributed by atoms with Crippen LogP contribution in [0.5, 0.6) is 0 Å². The van der Waals surface area contributed by atoms with Crippen molar-refractivity contribution in [3.8, 4) is 0 Å². The lowest BCUT2D eigenvalue weighted by molar-refractivity contribution is 0.0945. The molecule has 1 amide bonds. The maximum atomic E-state index is 12.5. The van der Waals surface area contributed by atoms with Crippen molar-refractivity contribution in [2.24, 2.45) is 0 Å². The standard InChI is InChI=1S/C22H24N4O/c1-3-26(15-18-10-5-4-6-11-18)21-13-20(24-16-25-21)22(27)23-14-19-12-8-7-9-17(19)2/h4-13,16H,3,14-15H2,1-2H3,(H,23,27). The van der Waals surface area contributed by atoms with Gasteiger partial charge in [-0.05, 0) is 30.5 Å². The highest BCUT2D eigenvalue weighted by atomic mass is 16.1. The van der Waals surface area contributed by atoms with E-state index in [9.17, 15) is 4.79 Å². The van der Waals surface area contributed by atoms with Gasteiger partial charge in [-0.15, -0.1) is 0 Å². The van der Waals surface area contributed by atoms with Gasteiger partial charge in [0.2, 0.25) is 0 Å². The van der Waals surface area contributed by atoms with E-state index in [1.807, 2.05) is 49.4 Å². The van der Waals surface area contributed by atoms with Crippen LogP contribution >= 0.6 is 0 Å². The minimum absolute atomic E-state index is 0.197. The number of hydrogen-bond acceptors (Lipinski definition) is 4. The van der Waals surface area contributed by atoms with Gasteiger partial charge in [-0.3, -0.25) is 4.79 Å². The van der Waals surface area contributed by atoms with Gasteiger partial charge in [0.1, 0.15) is 17.8 Å². The van der Waals surface area contributed by atoms with Crippen LogP contribution in [0, 0.1) is 6.92 Å². The summed E-state index contributed by atoms with van der Waals surface area (Å²) in [7, 11) is 0. The Hall–Kier alpha value is -3.21. The first-order valence-electron chi connectivity index (χ1n) is 9.11. The first kappa shape index (κ1) is 18.6. The topological polar surface area (TPSA) is 58.1 Å². The van der Waals surface area contributed by atoms with Gasteiger partial charge in [-0.2, -0.15) is 0 Å². The molecule has 3 aromatic rings. The Morgan fingerprint density at radius 1 is 1.04 bits per heavy atom. The van der Waals surface area contributed by atoms with E-state index in [1.54, 1.807) is 6.07 Å². The van der Waals surface area contributed by atoms with Gasteiger partial charge in [0, 0.05) is 25.7 Å². The molecule has 0 fully saturated rings. The fraction of sp³-hybridized carbons (Fsp3) is 0.227. The molecule has 1 heterocycles. The molecule has 0 saturated carbocycles. The number of aryl methyl sites for hydroxylation is 1. The summed E-state index contributed by atoms with van der Waals surface area (Å²) in [6.45, 7) is 6.11. The van der Waals surface area contributed by atoms with Crippen LogP contribution in [0.2, 0.25) is 0 Å². The second kappa shape index (κ2) is 8.94. The second-order valence-corrected chi connectivity index (χ2v) is 6.37. The fourth-order valence-electron chi connectivity index (χ4n) is 2.88. The van der Waals surface area contributed by atoms with Crippen molar-refractivity contribution in [3.63, 3.8) is 0 Å². The van der Waals surface area contributed by atoms with Gasteiger partial charge >= 0.3 is 0 Å². The molecule has 0 radical (unpaired) electrons. The third-order valence-corrected chi connectivity index (χ3v) is 4.51. The number of rotatable bonds is 7. The van der Waals surface area contributed by atoms with Crippen molar-refractivity contribution >= 4 is 11.7 Å². The molecule has 0 bridgehead atoms. The maximum Gasteiger partial charge on any atom is 0.270 e. The average Bonchev–Trinajstić information content (AvgIpc) is 2.72. The summed E-state index contributed by atoms with van der Waals surface area (Å²) in [6.07, 6.45) is 1.45. The zero-order valence-corrected chi connectivity index (χ0v) is 15.7. The SMILES string of the molecule is CCN(Cc1ccccc1)c1cc(C(=O)NCc2ccccc2C)ncn1. The zero-order valence-electron chi connectivity index (χ0n) is 15.7. The van der Waals surface area contributed by atoms with E-state index in [0.29, 0.717) is 12.2 Å². The lowest BCUT2D eigenvalue weighted by Crippen LogP contribution is -2.26. The molecule has 3 rings (SSSR count).